The number of phosphoric acid groups is 1. The molecular weight excluding hydrogens is 391 g/mol. The quantitative estimate of drug-likeness (QED) is 0.210. The third-order valence-electron chi connectivity index (χ3n) is 3.45. The van der Waals surface area contributed by atoms with Crippen LogP contribution in [0.2, 0.25) is 0 Å². The third kappa shape index (κ3) is 8.69. The van der Waals surface area contributed by atoms with Crippen LogP contribution in [0.3, 0.4) is 0 Å². The summed E-state index contributed by atoms with van der Waals surface area (Å²) in [7, 11) is -3.80. The van der Waals surface area contributed by atoms with Gasteiger partial charge in [-0.25, -0.2) is 4.57 Å². The molecule has 0 amide bonds. The Morgan fingerprint density at radius 2 is 1.37 bits per heavy atom. The average Bonchev–Trinajstić information content (AvgIpc) is 2.70. The van der Waals surface area contributed by atoms with Gasteiger partial charge in [-0.1, -0.05) is 72.3 Å². The van der Waals surface area contributed by atoms with Crippen molar-refractivity contribution in [1.29, 1.82) is 0 Å². The van der Waals surface area contributed by atoms with Gasteiger partial charge in [0.05, 0.1) is 19.8 Å². The summed E-state index contributed by atoms with van der Waals surface area (Å²) in [6.07, 6.45) is 0.410. The van der Waals surface area contributed by atoms with Crippen LogP contribution in [0.5, 0.6) is 0 Å². The summed E-state index contributed by atoms with van der Waals surface area (Å²) in [5.74, 6) is -0.446. The number of rotatable bonds is 12. The molecule has 0 spiro atoms. The maximum Gasteiger partial charge on any atom is 0.475 e. The Balaban J connectivity index is 1.89. The molecule has 2 rings (SSSR count). The van der Waals surface area contributed by atoms with Gasteiger partial charge in [-0.2, -0.15) is 0 Å². The molecule has 0 unspecified atom stereocenters. The molecule has 0 aliphatic carbocycles. The SMILES string of the molecule is O=C(CCCOP(=O)(OCc1ccccc1)OCc1ccccc1)OCCl. The highest BCUT2D eigenvalue weighted by Crippen LogP contribution is 2.51. The van der Waals surface area contributed by atoms with Crippen LogP contribution in [0.1, 0.15) is 24.0 Å². The van der Waals surface area contributed by atoms with Gasteiger partial charge in [0.1, 0.15) is 0 Å². The second kappa shape index (κ2) is 11.9. The van der Waals surface area contributed by atoms with E-state index in [0.29, 0.717) is 6.42 Å². The zero-order valence-corrected chi connectivity index (χ0v) is 16.4. The van der Waals surface area contributed by atoms with E-state index in [1.54, 1.807) is 0 Å². The molecule has 0 heterocycles. The fourth-order valence-corrected chi connectivity index (χ4v) is 3.41. The number of halogens is 1. The first-order chi connectivity index (χ1) is 13.1. The highest BCUT2D eigenvalue weighted by atomic mass is 35.5. The zero-order chi connectivity index (χ0) is 19.4. The smallest absolute Gasteiger partial charge is 0.449 e. The minimum absolute atomic E-state index is 0.0260. The normalized spacial score (nSPS) is 11.3. The number of phosphoric ester groups is 1. The van der Waals surface area contributed by atoms with E-state index in [2.05, 4.69) is 4.74 Å². The van der Waals surface area contributed by atoms with E-state index in [1.165, 1.54) is 0 Å². The first kappa shape index (κ1) is 21.6. The predicted molar refractivity (Wildman–Crippen MR) is 102 cm³/mol. The Morgan fingerprint density at radius 1 is 0.852 bits per heavy atom. The topological polar surface area (TPSA) is 71.1 Å². The molecule has 2 aromatic rings. The molecule has 0 aliphatic rings. The van der Waals surface area contributed by atoms with E-state index >= 15 is 0 Å². The Bertz CT molecular complexity index is 678. The van der Waals surface area contributed by atoms with Gasteiger partial charge < -0.3 is 4.74 Å². The number of carbonyl (C=O) groups excluding carboxylic acids is 1. The summed E-state index contributed by atoms with van der Waals surface area (Å²) < 4.78 is 33.9. The van der Waals surface area contributed by atoms with Gasteiger partial charge >= 0.3 is 13.8 Å². The molecule has 0 N–H and O–H groups in total. The van der Waals surface area contributed by atoms with Crippen molar-refractivity contribution in [2.24, 2.45) is 0 Å². The van der Waals surface area contributed by atoms with E-state index < -0.39 is 13.8 Å². The van der Waals surface area contributed by atoms with Crippen molar-refractivity contribution in [3.8, 4) is 0 Å². The number of carbonyl (C=O) groups is 1. The lowest BCUT2D eigenvalue weighted by atomic mass is 10.2. The van der Waals surface area contributed by atoms with Crippen LogP contribution in [0, 0.1) is 0 Å². The first-order valence-electron chi connectivity index (χ1n) is 8.44. The molecule has 0 atom stereocenters. The molecule has 0 aliphatic heterocycles. The second-order valence-electron chi connectivity index (χ2n) is 5.53. The summed E-state index contributed by atoms with van der Waals surface area (Å²) in [5, 5.41) is 0. The maximum atomic E-state index is 12.9. The standard InChI is InChI=1S/C19H22ClO6P/c20-16-23-19(21)12-7-13-24-27(22,25-14-17-8-3-1-4-9-17)26-15-18-10-5-2-6-11-18/h1-6,8-11H,7,12-16H2. The number of alkyl halides is 1. The molecule has 6 nitrogen and oxygen atoms in total. The van der Waals surface area contributed by atoms with Crippen LogP contribution < -0.4 is 0 Å². The molecule has 2 aromatic carbocycles. The van der Waals surface area contributed by atoms with Gasteiger partial charge in [-0.05, 0) is 17.5 Å². The van der Waals surface area contributed by atoms with Crippen molar-refractivity contribution < 1.29 is 27.7 Å². The zero-order valence-electron chi connectivity index (χ0n) is 14.8. The molecule has 0 saturated heterocycles. The van der Waals surface area contributed by atoms with Crippen LogP contribution in [0.4, 0.5) is 0 Å². The van der Waals surface area contributed by atoms with Gasteiger partial charge in [-0.15, -0.1) is 0 Å². The molecule has 27 heavy (non-hydrogen) atoms. The van der Waals surface area contributed by atoms with Gasteiger partial charge in [0, 0.05) is 6.42 Å². The summed E-state index contributed by atoms with van der Waals surface area (Å²) in [6.45, 7) is 0.195. The van der Waals surface area contributed by atoms with Crippen molar-refractivity contribution >= 4 is 25.4 Å². The van der Waals surface area contributed by atoms with E-state index in [1.807, 2.05) is 60.7 Å². The van der Waals surface area contributed by atoms with Crippen molar-refractivity contribution in [3.63, 3.8) is 0 Å². The lowest BCUT2D eigenvalue weighted by Gasteiger charge is -2.18. The van der Waals surface area contributed by atoms with Crippen LogP contribution in [-0.2, 0) is 40.9 Å². The Morgan fingerprint density at radius 3 is 1.85 bits per heavy atom. The van der Waals surface area contributed by atoms with Crippen molar-refractivity contribution in [1.82, 2.24) is 0 Å². The van der Waals surface area contributed by atoms with Gasteiger partial charge in [0.2, 0.25) is 0 Å². The molecule has 0 bridgehead atoms. The number of ether oxygens (including phenoxy) is 1. The average molecular weight is 413 g/mol. The molecular formula is C19H22ClO6P. The highest BCUT2D eigenvalue weighted by molar-refractivity contribution is 7.48. The molecule has 0 saturated carbocycles. The second-order valence-corrected chi connectivity index (χ2v) is 7.41. The van der Waals surface area contributed by atoms with Crippen molar-refractivity contribution in [3.05, 3.63) is 71.8 Å². The Kier molecular flexibility index (Phi) is 9.53. The van der Waals surface area contributed by atoms with E-state index in [0.717, 1.165) is 11.1 Å². The molecule has 0 radical (unpaired) electrons. The maximum absolute atomic E-state index is 12.9. The summed E-state index contributed by atoms with van der Waals surface area (Å²) in [5.41, 5.74) is 1.69. The fraction of sp³-hybridized carbons (Fsp3) is 0.316. The minimum Gasteiger partial charge on any atom is -0.449 e. The van der Waals surface area contributed by atoms with E-state index in [9.17, 15) is 9.36 Å². The third-order valence-corrected chi connectivity index (χ3v) is 4.95. The van der Waals surface area contributed by atoms with Crippen LogP contribution in [0.25, 0.3) is 0 Å². The minimum atomic E-state index is -3.80. The highest BCUT2D eigenvalue weighted by Gasteiger charge is 2.27. The summed E-state index contributed by atoms with van der Waals surface area (Å²) in [4.78, 5) is 11.3. The van der Waals surface area contributed by atoms with Crippen molar-refractivity contribution in [2.45, 2.75) is 26.1 Å². The van der Waals surface area contributed by atoms with Gasteiger partial charge in [0.25, 0.3) is 0 Å². The monoisotopic (exact) mass is 412 g/mol. The molecule has 8 heteroatoms. The van der Waals surface area contributed by atoms with Gasteiger partial charge in [0.15, 0.2) is 6.07 Å². The molecule has 0 fully saturated rings. The predicted octanol–water partition coefficient (Wildman–Crippen LogP) is 5.06. The number of benzene rings is 2. The van der Waals surface area contributed by atoms with Crippen LogP contribution in [0.15, 0.2) is 60.7 Å². The van der Waals surface area contributed by atoms with E-state index in [4.69, 9.17) is 25.2 Å². The van der Waals surface area contributed by atoms with Crippen LogP contribution >= 0.6 is 19.4 Å². The lowest BCUT2D eigenvalue weighted by Crippen LogP contribution is -2.06. The van der Waals surface area contributed by atoms with E-state index in [-0.39, 0.29) is 32.3 Å². The molecule has 146 valence electrons. The Hall–Kier alpha value is -1.69. The summed E-state index contributed by atoms with van der Waals surface area (Å²) >= 11 is 5.32. The fourth-order valence-electron chi connectivity index (χ4n) is 2.09. The van der Waals surface area contributed by atoms with Gasteiger partial charge in [-0.3, -0.25) is 18.4 Å². The number of esters is 1. The number of hydrogen-bond acceptors (Lipinski definition) is 6. The summed E-state index contributed by atoms with van der Waals surface area (Å²) in [6, 6.07) is 18.4. The number of hydrogen-bond donors (Lipinski definition) is 0. The molecule has 0 aromatic heterocycles. The largest absolute Gasteiger partial charge is 0.475 e. The van der Waals surface area contributed by atoms with Crippen LogP contribution in [-0.4, -0.2) is 18.6 Å². The lowest BCUT2D eigenvalue weighted by molar-refractivity contribution is -0.141. The Labute approximate surface area is 164 Å². The van der Waals surface area contributed by atoms with Crippen molar-refractivity contribution in [2.75, 3.05) is 12.7 Å². The first-order valence-corrected chi connectivity index (χ1v) is 10.4.